The first-order valence-corrected chi connectivity index (χ1v) is 6.37. The molecule has 0 aliphatic carbocycles. The monoisotopic (exact) mass is 219 g/mol. The minimum absolute atomic E-state index is 0.435. The second-order valence-electron chi connectivity index (χ2n) is 4.97. The van der Waals surface area contributed by atoms with Gasteiger partial charge in [0.1, 0.15) is 0 Å². The summed E-state index contributed by atoms with van der Waals surface area (Å²) in [7, 11) is 0. The predicted octanol–water partition coefficient (Wildman–Crippen LogP) is 4.08. The molecule has 0 bridgehead atoms. The highest BCUT2D eigenvalue weighted by Crippen LogP contribution is 2.16. The van der Waals surface area contributed by atoms with E-state index in [1.807, 2.05) is 0 Å². The molecular formula is C15H25N. The number of benzene rings is 1. The molecule has 90 valence electrons. The van der Waals surface area contributed by atoms with Crippen LogP contribution in [0.15, 0.2) is 24.3 Å². The van der Waals surface area contributed by atoms with Crippen molar-refractivity contribution in [1.82, 2.24) is 5.32 Å². The van der Waals surface area contributed by atoms with Gasteiger partial charge in [0.05, 0.1) is 0 Å². The van der Waals surface area contributed by atoms with Gasteiger partial charge in [-0.05, 0) is 32.3 Å². The fraction of sp³-hybridized carbons (Fsp3) is 0.600. The Balaban J connectivity index is 2.58. The van der Waals surface area contributed by atoms with E-state index in [9.17, 15) is 0 Å². The van der Waals surface area contributed by atoms with Gasteiger partial charge in [0, 0.05) is 12.1 Å². The second-order valence-corrected chi connectivity index (χ2v) is 4.97. The fourth-order valence-electron chi connectivity index (χ4n) is 1.86. The van der Waals surface area contributed by atoms with Gasteiger partial charge in [0.2, 0.25) is 0 Å². The lowest BCUT2D eigenvalue weighted by Crippen LogP contribution is -2.33. The van der Waals surface area contributed by atoms with Crippen LogP contribution in [0.3, 0.4) is 0 Å². The number of hydrogen-bond donors (Lipinski definition) is 1. The van der Waals surface area contributed by atoms with Gasteiger partial charge >= 0.3 is 0 Å². The van der Waals surface area contributed by atoms with E-state index >= 15 is 0 Å². The normalized spacial score (nSPS) is 16.8. The molecule has 16 heavy (non-hydrogen) atoms. The fourth-order valence-corrected chi connectivity index (χ4v) is 1.86. The van der Waals surface area contributed by atoms with Crippen LogP contribution in [0, 0.1) is 12.8 Å². The lowest BCUT2D eigenvalue weighted by Gasteiger charge is -2.24. The van der Waals surface area contributed by atoms with E-state index in [2.05, 4.69) is 64.2 Å². The molecule has 1 aromatic rings. The van der Waals surface area contributed by atoms with E-state index in [4.69, 9.17) is 0 Å². The smallest absolute Gasteiger partial charge is 0.0294 e. The van der Waals surface area contributed by atoms with Crippen molar-refractivity contribution in [3.05, 3.63) is 35.4 Å². The van der Waals surface area contributed by atoms with Crippen molar-refractivity contribution in [2.24, 2.45) is 5.92 Å². The molecule has 0 aliphatic heterocycles. The van der Waals surface area contributed by atoms with Crippen LogP contribution in [0.25, 0.3) is 0 Å². The second kappa shape index (κ2) is 6.05. The molecular weight excluding hydrogens is 194 g/mol. The van der Waals surface area contributed by atoms with Crippen LogP contribution < -0.4 is 5.32 Å². The third-order valence-corrected chi connectivity index (χ3v) is 3.59. The molecule has 0 spiro atoms. The van der Waals surface area contributed by atoms with Crippen LogP contribution in [0.2, 0.25) is 0 Å². The molecule has 0 aromatic heterocycles. The molecule has 0 saturated carbocycles. The zero-order chi connectivity index (χ0) is 12.1. The average molecular weight is 219 g/mol. The number of hydrogen-bond acceptors (Lipinski definition) is 1. The third-order valence-electron chi connectivity index (χ3n) is 3.59. The summed E-state index contributed by atoms with van der Waals surface area (Å²) in [5.74, 6) is 0.730. The maximum atomic E-state index is 3.67. The largest absolute Gasteiger partial charge is 0.307 e. The van der Waals surface area contributed by atoms with Crippen LogP contribution in [-0.2, 0) is 0 Å². The summed E-state index contributed by atoms with van der Waals surface area (Å²) < 4.78 is 0. The standard InChI is InChI=1S/C15H25N/c1-6-12(3)13(4)16-14(5)15-9-7-11(2)8-10-15/h7-10,12-14,16H,6H2,1-5H3/t12?,13?,14-/m0/s1. The van der Waals surface area contributed by atoms with E-state index < -0.39 is 0 Å². The van der Waals surface area contributed by atoms with E-state index in [0.29, 0.717) is 12.1 Å². The Hall–Kier alpha value is -0.820. The summed E-state index contributed by atoms with van der Waals surface area (Å²) >= 11 is 0. The van der Waals surface area contributed by atoms with Crippen molar-refractivity contribution in [2.75, 3.05) is 0 Å². The van der Waals surface area contributed by atoms with Crippen molar-refractivity contribution >= 4 is 0 Å². The molecule has 0 aliphatic rings. The molecule has 1 nitrogen and oxygen atoms in total. The number of rotatable bonds is 5. The van der Waals surface area contributed by atoms with Gasteiger partial charge < -0.3 is 5.32 Å². The Morgan fingerprint density at radius 3 is 2.12 bits per heavy atom. The topological polar surface area (TPSA) is 12.0 Å². The third kappa shape index (κ3) is 3.64. The predicted molar refractivity (Wildman–Crippen MR) is 71.6 cm³/mol. The summed E-state index contributed by atoms with van der Waals surface area (Å²) in [6.07, 6.45) is 1.23. The molecule has 0 amide bonds. The number of aryl methyl sites for hydroxylation is 1. The van der Waals surface area contributed by atoms with Gasteiger partial charge in [0.25, 0.3) is 0 Å². The lowest BCUT2D eigenvalue weighted by atomic mass is 9.98. The molecule has 2 unspecified atom stereocenters. The molecule has 0 saturated heterocycles. The first-order valence-electron chi connectivity index (χ1n) is 6.37. The lowest BCUT2D eigenvalue weighted by molar-refractivity contribution is 0.360. The molecule has 1 rings (SSSR count). The van der Waals surface area contributed by atoms with Crippen molar-refractivity contribution in [3.63, 3.8) is 0 Å². The van der Waals surface area contributed by atoms with E-state index in [1.165, 1.54) is 17.5 Å². The maximum Gasteiger partial charge on any atom is 0.0294 e. The Labute approximate surface area is 100 Å². The van der Waals surface area contributed by atoms with Gasteiger partial charge in [-0.25, -0.2) is 0 Å². The Morgan fingerprint density at radius 1 is 1.06 bits per heavy atom. The highest BCUT2D eigenvalue weighted by molar-refractivity contribution is 5.23. The Morgan fingerprint density at radius 2 is 1.62 bits per heavy atom. The minimum atomic E-state index is 0.435. The van der Waals surface area contributed by atoms with Gasteiger partial charge in [-0.1, -0.05) is 50.1 Å². The summed E-state index contributed by atoms with van der Waals surface area (Å²) in [4.78, 5) is 0. The van der Waals surface area contributed by atoms with Crippen LogP contribution in [-0.4, -0.2) is 6.04 Å². The molecule has 0 radical (unpaired) electrons. The average Bonchev–Trinajstić information content (AvgIpc) is 2.28. The van der Waals surface area contributed by atoms with Crippen LogP contribution in [0.1, 0.15) is 51.3 Å². The summed E-state index contributed by atoms with van der Waals surface area (Å²) in [6, 6.07) is 9.81. The minimum Gasteiger partial charge on any atom is -0.307 e. The SMILES string of the molecule is CCC(C)C(C)N[C@@H](C)c1ccc(C)cc1. The first-order chi connectivity index (χ1) is 7.54. The number of nitrogens with one attached hydrogen (secondary N) is 1. The van der Waals surface area contributed by atoms with Gasteiger partial charge in [-0.3, -0.25) is 0 Å². The highest BCUT2D eigenvalue weighted by atomic mass is 14.9. The zero-order valence-corrected chi connectivity index (χ0v) is 11.2. The van der Waals surface area contributed by atoms with Crippen molar-refractivity contribution in [1.29, 1.82) is 0 Å². The summed E-state index contributed by atoms with van der Waals surface area (Å²) in [5.41, 5.74) is 2.70. The van der Waals surface area contributed by atoms with Crippen molar-refractivity contribution in [2.45, 2.75) is 53.1 Å². The Bertz CT molecular complexity index is 302. The quantitative estimate of drug-likeness (QED) is 0.787. The summed E-state index contributed by atoms with van der Waals surface area (Å²) in [6.45, 7) is 11.2. The van der Waals surface area contributed by atoms with Crippen LogP contribution in [0.5, 0.6) is 0 Å². The van der Waals surface area contributed by atoms with Gasteiger partial charge in [-0.15, -0.1) is 0 Å². The zero-order valence-electron chi connectivity index (χ0n) is 11.2. The van der Waals surface area contributed by atoms with E-state index in [0.717, 1.165) is 5.92 Å². The molecule has 3 atom stereocenters. The van der Waals surface area contributed by atoms with E-state index in [-0.39, 0.29) is 0 Å². The first kappa shape index (κ1) is 13.2. The molecule has 0 heterocycles. The maximum absolute atomic E-state index is 3.67. The summed E-state index contributed by atoms with van der Waals surface area (Å²) in [5, 5.41) is 3.67. The molecule has 1 N–H and O–H groups in total. The highest BCUT2D eigenvalue weighted by Gasteiger charge is 2.13. The van der Waals surface area contributed by atoms with Crippen molar-refractivity contribution < 1.29 is 0 Å². The van der Waals surface area contributed by atoms with Crippen LogP contribution >= 0.6 is 0 Å². The molecule has 1 heteroatoms. The van der Waals surface area contributed by atoms with E-state index in [1.54, 1.807) is 0 Å². The van der Waals surface area contributed by atoms with Gasteiger partial charge in [0.15, 0.2) is 0 Å². The van der Waals surface area contributed by atoms with Crippen molar-refractivity contribution in [3.8, 4) is 0 Å². The molecule has 1 aromatic carbocycles. The van der Waals surface area contributed by atoms with Crippen LogP contribution in [0.4, 0.5) is 0 Å². The van der Waals surface area contributed by atoms with Gasteiger partial charge in [-0.2, -0.15) is 0 Å². The molecule has 0 fully saturated rings. The Kier molecular flexibility index (Phi) is 5.01.